The zero-order valence-corrected chi connectivity index (χ0v) is 15.4. The number of anilines is 1. The summed E-state index contributed by atoms with van der Waals surface area (Å²) in [5, 5.41) is 16.1. The first-order chi connectivity index (χ1) is 12.7. The maximum Gasteiger partial charge on any atom is 0.325 e. The normalized spacial score (nSPS) is 24.8. The first-order valence-corrected chi connectivity index (χ1v) is 8.97. The summed E-state index contributed by atoms with van der Waals surface area (Å²) in [7, 11) is 0. The molecule has 27 heavy (non-hydrogen) atoms. The van der Waals surface area contributed by atoms with Crippen LogP contribution >= 0.6 is 11.6 Å². The first-order valence-electron chi connectivity index (χ1n) is 8.60. The molecule has 10 heteroatoms. The molecule has 1 spiro atoms. The average molecular weight is 395 g/mol. The monoisotopic (exact) mass is 394 g/mol. The number of imide groups is 1. The molecule has 0 radical (unpaired) electrons. The molecule has 2 aliphatic rings. The average Bonchev–Trinajstić information content (AvgIpc) is 2.84. The highest BCUT2D eigenvalue weighted by atomic mass is 35.5. The summed E-state index contributed by atoms with van der Waals surface area (Å²) in [6.07, 6.45) is 2.76. The Balaban J connectivity index is 1.69. The quantitative estimate of drug-likeness (QED) is 0.462. The number of nitrogens with zero attached hydrogens (tertiary/aromatic N) is 2. The summed E-state index contributed by atoms with van der Waals surface area (Å²) in [5.41, 5.74) is -1.11. The molecule has 0 bridgehead atoms. The van der Waals surface area contributed by atoms with Crippen molar-refractivity contribution >= 4 is 40.8 Å². The summed E-state index contributed by atoms with van der Waals surface area (Å²) in [5.74, 6) is -0.574. The smallest absolute Gasteiger partial charge is 0.323 e. The number of hydrogen-bond acceptors (Lipinski definition) is 5. The highest BCUT2D eigenvalue weighted by molar-refractivity contribution is 6.33. The molecule has 1 aromatic carbocycles. The van der Waals surface area contributed by atoms with E-state index in [0.29, 0.717) is 18.8 Å². The first kappa shape index (κ1) is 19.1. The lowest BCUT2D eigenvalue weighted by atomic mass is 9.77. The molecule has 1 saturated carbocycles. The van der Waals surface area contributed by atoms with Crippen molar-refractivity contribution in [3.05, 3.63) is 33.3 Å². The number of hydrogen-bond donors (Lipinski definition) is 2. The Morgan fingerprint density at radius 3 is 2.70 bits per heavy atom. The van der Waals surface area contributed by atoms with Crippen molar-refractivity contribution in [3.8, 4) is 0 Å². The number of halogens is 1. The lowest BCUT2D eigenvalue weighted by Crippen LogP contribution is -2.49. The van der Waals surface area contributed by atoms with Crippen molar-refractivity contribution in [2.45, 2.75) is 38.1 Å². The molecule has 9 nitrogen and oxygen atoms in total. The molecule has 1 aliphatic heterocycles. The fourth-order valence-corrected chi connectivity index (χ4v) is 3.63. The van der Waals surface area contributed by atoms with Crippen molar-refractivity contribution in [3.63, 3.8) is 0 Å². The van der Waals surface area contributed by atoms with E-state index in [4.69, 9.17) is 11.6 Å². The second-order valence-electron chi connectivity index (χ2n) is 7.06. The van der Waals surface area contributed by atoms with Gasteiger partial charge in [-0.25, -0.2) is 4.79 Å². The zero-order valence-electron chi connectivity index (χ0n) is 14.7. The van der Waals surface area contributed by atoms with Gasteiger partial charge >= 0.3 is 6.03 Å². The predicted octanol–water partition coefficient (Wildman–Crippen LogP) is 2.69. The van der Waals surface area contributed by atoms with Gasteiger partial charge in [0.25, 0.3) is 11.6 Å². The number of carbonyl (C=O) groups excluding carboxylic acids is 3. The van der Waals surface area contributed by atoms with Gasteiger partial charge in [-0.3, -0.25) is 24.6 Å². The van der Waals surface area contributed by atoms with Gasteiger partial charge in [0.05, 0.1) is 15.6 Å². The summed E-state index contributed by atoms with van der Waals surface area (Å²) < 4.78 is 0. The summed E-state index contributed by atoms with van der Waals surface area (Å²) in [6, 6.07) is 3.02. The Morgan fingerprint density at radius 1 is 1.41 bits per heavy atom. The van der Waals surface area contributed by atoms with E-state index >= 15 is 0 Å². The largest absolute Gasteiger partial charge is 0.325 e. The van der Waals surface area contributed by atoms with Crippen LogP contribution in [0.15, 0.2) is 18.2 Å². The third-order valence-electron chi connectivity index (χ3n) is 5.11. The third kappa shape index (κ3) is 3.73. The van der Waals surface area contributed by atoms with Gasteiger partial charge in [0, 0.05) is 12.1 Å². The van der Waals surface area contributed by atoms with Crippen molar-refractivity contribution in [1.82, 2.24) is 10.2 Å². The van der Waals surface area contributed by atoms with E-state index < -0.39 is 34.9 Å². The van der Waals surface area contributed by atoms with Crippen LogP contribution in [0.4, 0.5) is 16.2 Å². The number of amides is 4. The summed E-state index contributed by atoms with van der Waals surface area (Å²) in [6.45, 7) is 1.61. The van der Waals surface area contributed by atoms with E-state index in [-0.39, 0.29) is 16.4 Å². The summed E-state index contributed by atoms with van der Waals surface area (Å²) >= 11 is 5.95. The van der Waals surface area contributed by atoms with Gasteiger partial charge in [0.1, 0.15) is 12.1 Å². The Hall–Kier alpha value is -2.68. The highest BCUT2D eigenvalue weighted by Crippen LogP contribution is 2.36. The fraction of sp³-hybridized carbons (Fsp3) is 0.471. The van der Waals surface area contributed by atoms with Crippen molar-refractivity contribution in [2.75, 3.05) is 11.9 Å². The van der Waals surface area contributed by atoms with Crippen LogP contribution in [0.1, 0.15) is 32.6 Å². The van der Waals surface area contributed by atoms with Crippen LogP contribution in [-0.2, 0) is 9.59 Å². The molecule has 1 aromatic rings. The second-order valence-corrected chi connectivity index (χ2v) is 7.46. The van der Waals surface area contributed by atoms with E-state index in [9.17, 15) is 24.5 Å². The van der Waals surface area contributed by atoms with Gasteiger partial charge in [0.2, 0.25) is 5.91 Å². The van der Waals surface area contributed by atoms with Crippen LogP contribution in [0.2, 0.25) is 5.02 Å². The molecular formula is C17H19ClN4O5. The van der Waals surface area contributed by atoms with Crippen LogP contribution in [0.3, 0.4) is 0 Å². The number of urea groups is 1. The van der Waals surface area contributed by atoms with Crippen molar-refractivity contribution < 1.29 is 19.3 Å². The van der Waals surface area contributed by atoms with Crippen molar-refractivity contribution in [1.29, 1.82) is 0 Å². The van der Waals surface area contributed by atoms with Crippen LogP contribution < -0.4 is 10.6 Å². The van der Waals surface area contributed by atoms with Crippen LogP contribution in [-0.4, -0.2) is 39.8 Å². The maximum atomic E-state index is 12.7. The molecule has 0 atom stereocenters. The Morgan fingerprint density at radius 2 is 2.07 bits per heavy atom. The minimum absolute atomic E-state index is 0.0455. The molecule has 144 valence electrons. The molecule has 2 N–H and O–H groups in total. The molecule has 1 heterocycles. The van der Waals surface area contributed by atoms with Gasteiger partial charge < -0.3 is 10.6 Å². The summed E-state index contributed by atoms with van der Waals surface area (Å²) in [4.78, 5) is 48.4. The molecule has 4 amide bonds. The van der Waals surface area contributed by atoms with E-state index in [1.165, 1.54) is 12.1 Å². The van der Waals surface area contributed by atoms with E-state index in [2.05, 4.69) is 17.6 Å². The number of nitrogens with one attached hydrogen (secondary N) is 2. The molecule has 1 saturated heterocycles. The number of nitro groups is 1. The fourth-order valence-electron chi connectivity index (χ4n) is 3.47. The van der Waals surface area contributed by atoms with E-state index in [0.717, 1.165) is 23.8 Å². The molecular weight excluding hydrogens is 376 g/mol. The highest BCUT2D eigenvalue weighted by Gasteiger charge is 2.52. The number of nitro benzene ring substituents is 1. The number of carbonyl (C=O) groups is 3. The minimum atomic E-state index is -0.924. The van der Waals surface area contributed by atoms with Crippen LogP contribution in [0.5, 0.6) is 0 Å². The Bertz CT molecular complexity index is 820. The lowest BCUT2D eigenvalue weighted by molar-refractivity contribution is -0.384. The predicted molar refractivity (Wildman–Crippen MR) is 97.3 cm³/mol. The minimum Gasteiger partial charge on any atom is -0.323 e. The Kier molecular flexibility index (Phi) is 5.05. The van der Waals surface area contributed by atoms with Gasteiger partial charge in [0.15, 0.2) is 0 Å². The van der Waals surface area contributed by atoms with Gasteiger partial charge in [-0.1, -0.05) is 18.5 Å². The molecule has 0 unspecified atom stereocenters. The van der Waals surface area contributed by atoms with Crippen LogP contribution in [0, 0.1) is 16.0 Å². The van der Waals surface area contributed by atoms with Crippen molar-refractivity contribution in [2.24, 2.45) is 5.92 Å². The van der Waals surface area contributed by atoms with Gasteiger partial charge in [-0.2, -0.15) is 0 Å². The maximum absolute atomic E-state index is 12.7. The van der Waals surface area contributed by atoms with Gasteiger partial charge in [-0.15, -0.1) is 0 Å². The molecule has 3 rings (SSSR count). The number of non-ortho nitro benzene ring substituents is 1. The lowest BCUT2D eigenvalue weighted by Gasteiger charge is -2.33. The number of rotatable bonds is 4. The second kappa shape index (κ2) is 7.15. The Labute approximate surface area is 160 Å². The standard InChI is InChI=1S/C17H19ClN4O5/c1-10-4-6-17(7-5-10)15(24)21(16(25)20-17)9-14(23)19-13-8-11(22(26)27)2-3-12(13)18/h2-3,8,10H,4-7,9H2,1H3,(H,19,23)(H,20,25). The van der Waals surface area contributed by atoms with Gasteiger partial charge in [-0.05, 0) is 37.7 Å². The molecule has 1 aliphatic carbocycles. The molecule has 2 fully saturated rings. The molecule has 0 aromatic heterocycles. The van der Waals surface area contributed by atoms with Crippen LogP contribution in [0.25, 0.3) is 0 Å². The van der Waals surface area contributed by atoms with E-state index in [1.807, 2.05) is 0 Å². The third-order valence-corrected chi connectivity index (χ3v) is 5.44. The van der Waals surface area contributed by atoms with E-state index in [1.54, 1.807) is 0 Å². The number of benzene rings is 1. The topological polar surface area (TPSA) is 122 Å². The SMILES string of the molecule is CC1CCC2(CC1)NC(=O)N(CC(=O)Nc1cc([N+](=O)[O-])ccc1Cl)C2=O. The zero-order chi connectivity index (χ0) is 19.8.